The number of fused-ring (bicyclic) bond motifs is 4. The van der Waals surface area contributed by atoms with Crippen LogP contribution in [0.25, 0.3) is 0 Å². The summed E-state index contributed by atoms with van der Waals surface area (Å²) >= 11 is 14.2. The quantitative estimate of drug-likeness (QED) is 0.288. The molecule has 0 amide bonds. The predicted octanol–water partition coefficient (Wildman–Crippen LogP) is 11.0. The molecular formula is C38H52BrNS4. The third kappa shape index (κ3) is 5.28. The summed E-state index contributed by atoms with van der Waals surface area (Å²) < 4.78 is 0. The molecule has 3 aliphatic carbocycles. The molecule has 16 atom stereocenters. The van der Waals surface area contributed by atoms with E-state index in [1.807, 2.05) is 0 Å². The Morgan fingerprint density at radius 3 is 1.02 bits per heavy atom. The number of thioether (sulfide) groups is 4. The number of alkyl halides is 1. The first-order valence-electron chi connectivity index (χ1n) is 17.2. The molecule has 1 nitrogen and oxygen atoms in total. The van der Waals surface area contributed by atoms with Crippen molar-refractivity contribution in [3.8, 4) is 0 Å². The Morgan fingerprint density at radius 2 is 0.705 bits per heavy atom. The van der Waals surface area contributed by atoms with Gasteiger partial charge in [0.05, 0.1) is 6.04 Å². The molecule has 240 valence electrons. The van der Waals surface area contributed by atoms with Gasteiger partial charge in [0.2, 0.25) is 0 Å². The highest BCUT2D eigenvalue weighted by Gasteiger charge is 2.62. The molecule has 3 saturated carbocycles. The smallest absolute Gasteiger partial charge is 0.0602 e. The average molecular weight is 731 g/mol. The van der Waals surface area contributed by atoms with E-state index in [1.165, 1.54) is 11.4 Å². The largest absolute Gasteiger partial charge is 0.336 e. The van der Waals surface area contributed by atoms with E-state index in [4.69, 9.17) is 0 Å². The number of halogens is 1. The van der Waals surface area contributed by atoms with Crippen molar-refractivity contribution in [3.63, 3.8) is 0 Å². The third-order valence-electron chi connectivity index (χ3n) is 13.3. The zero-order valence-electron chi connectivity index (χ0n) is 27.6. The lowest BCUT2D eigenvalue weighted by Gasteiger charge is -2.63. The molecule has 0 N–H and O–H groups in total. The van der Waals surface area contributed by atoms with Gasteiger partial charge in [0.1, 0.15) is 0 Å². The lowest BCUT2D eigenvalue weighted by atomic mass is 9.69. The van der Waals surface area contributed by atoms with E-state index in [1.54, 1.807) is 0 Å². The molecule has 2 aromatic rings. The van der Waals surface area contributed by atoms with E-state index < -0.39 is 0 Å². The molecule has 0 aromatic heterocycles. The molecular weight excluding hydrogens is 679 g/mol. The van der Waals surface area contributed by atoms with E-state index in [9.17, 15) is 0 Å². The second-order valence-electron chi connectivity index (χ2n) is 15.1. The Bertz CT molecular complexity index is 1180. The Kier molecular flexibility index (Phi) is 9.55. The van der Waals surface area contributed by atoms with Crippen LogP contribution in [0.2, 0.25) is 0 Å². The zero-order chi connectivity index (χ0) is 31.0. The second-order valence-corrected chi connectivity index (χ2v) is 21.6. The van der Waals surface area contributed by atoms with E-state index in [-0.39, 0.29) is 0 Å². The zero-order valence-corrected chi connectivity index (χ0v) is 32.5. The van der Waals surface area contributed by atoms with Crippen LogP contribution >= 0.6 is 63.0 Å². The van der Waals surface area contributed by atoms with Gasteiger partial charge in [0, 0.05) is 58.2 Å². The standard InChI is InChI=1S/C38H52BrNS4/c1-19-21(3)25(7)33-31(23(19)5)41-35-29(39)36-38(44-34-26(8)22(4)20(2)24(6)32(34)42-36)30(37(35)43-33)40(27-15-11-9-12-16-27)28-17-13-10-14-18-28/h9-26,29-38H,1-8H3. The van der Waals surface area contributed by atoms with Gasteiger partial charge in [0.25, 0.3) is 0 Å². The number of hydrogen-bond acceptors (Lipinski definition) is 5. The summed E-state index contributed by atoms with van der Waals surface area (Å²) in [5, 5.41) is 5.27. The van der Waals surface area contributed by atoms with Crippen LogP contribution in [-0.4, -0.2) is 52.9 Å². The first-order chi connectivity index (χ1) is 21.1. The van der Waals surface area contributed by atoms with Gasteiger partial charge in [-0.2, -0.15) is 47.0 Å². The van der Waals surface area contributed by atoms with Crippen LogP contribution in [-0.2, 0) is 0 Å². The van der Waals surface area contributed by atoms with Gasteiger partial charge < -0.3 is 4.90 Å². The maximum atomic E-state index is 4.53. The Morgan fingerprint density at radius 1 is 0.409 bits per heavy atom. The molecule has 0 spiro atoms. The van der Waals surface area contributed by atoms with Crippen molar-refractivity contribution >= 4 is 74.4 Å². The normalized spacial score (nSPS) is 50.0. The monoisotopic (exact) mass is 729 g/mol. The summed E-state index contributed by atoms with van der Waals surface area (Å²) in [6, 6.07) is 23.3. The Balaban J connectivity index is 1.36. The van der Waals surface area contributed by atoms with Crippen LogP contribution in [0.15, 0.2) is 60.7 Å². The fourth-order valence-electron chi connectivity index (χ4n) is 9.55. The van der Waals surface area contributed by atoms with Crippen LogP contribution in [0, 0.1) is 47.3 Å². The van der Waals surface area contributed by atoms with Gasteiger partial charge in [0.15, 0.2) is 0 Å². The Hall–Kier alpha value is 0.120. The fraction of sp³-hybridized carbons (Fsp3) is 0.684. The number of anilines is 2. The minimum Gasteiger partial charge on any atom is -0.336 e. The molecule has 7 rings (SSSR count). The molecule has 5 aliphatic rings. The molecule has 6 heteroatoms. The maximum absolute atomic E-state index is 4.53. The van der Waals surface area contributed by atoms with Crippen molar-refractivity contribution in [1.29, 1.82) is 0 Å². The van der Waals surface area contributed by atoms with Crippen LogP contribution in [0.4, 0.5) is 11.4 Å². The highest BCUT2D eigenvalue weighted by molar-refractivity contribution is 9.09. The van der Waals surface area contributed by atoms with Gasteiger partial charge in [-0.15, -0.1) is 0 Å². The first kappa shape index (κ1) is 32.7. The number of nitrogens with zero attached hydrogens (tertiary/aromatic N) is 1. The van der Waals surface area contributed by atoms with Crippen molar-refractivity contribution in [1.82, 2.24) is 0 Å². The lowest BCUT2D eigenvalue weighted by Crippen LogP contribution is -2.68. The second kappa shape index (κ2) is 12.9. The minimum absolute atomic E-state index is 0.440. The molecule has 16 unspecified atom stereocenters. The van der Waals surface area contributed by atoms with Crippen LogP contribution in [0.1, 0.15) is 55.4 Å². The van der Waals surface area contributed by atoms with E-state index in [0.717, 1.165) is 68.3 Å². The first-order valence-corrected chi connectivity index (χ1v) is 21.9. The molecule has 5 fully saturated rings. The highest BCUT2D eigenvalue weighted by atomic mass is 79.9. The third-order valence-corrected chi connectivity index (χ3v) is 23.5. The van der Waals surface area contributed by atoms with Gasteiger partial charge in [-0.1, -0.05) is 108 Å². The molecule has 44 heavy (non-hydrogen) atoms. The number of benzene rings is 2. The topological polar surface area (TPSA) is 3.24 Å². The Labute approximate surface area is 293 Å². The van der Waals surface area contributed by atoms with Crippen molar-refractivity contribution in [2.75, 3.05) is 4.90 Å². The molecule has 2 aromatic carbocycles. The number of para-hydroxylation sites is 2. The van der Waals surface area contributed by atoms with Crippen molar-refractivity contribution in [3.05, 3.63) is 60.7 Å². The molecule has 0 radical (unpaired) electrons. The van der Waals surface area contributed by atoms with Crippen LogP contribution in [0.5, 0.6) is 0 Å². The molecule has 2 aliphatic heterocycles. The summed E-state index contributed by atoms with van der Waals surface area (Å²) in [5.41, 5.74) is 2.71. The average Bonchev–Trinajstić information content (AvgIpc) is 3.06. The van der Waals surface area contributed by atoms with E-state index in [0.29, 0.717) is 31.9 Å². The summed E-state index contributed by atoms with van der Waals surface area (Å²) in [7, 11) is 0. The lowest BCUT2D eigenvalue weighted by molar-refractivity contribution is 0.147. The van der Waals surface area contributed by atoms with Crippen molar-refractivity contribution in [2.45, 2.75) is 108 Å². The van der Waals surface area contributed by atoms with Crippen molar-refractivity contribution in [2.24, 2.45) is 47.3 Å². The SMILES string of the molecule is CC1C(C)C(C)C2SC3C(SC2C1C)C(Br)C1SC2C(C)C(C)C(C)C(C)C2SC1C3N(c1ccccc1)c1ccccc1. The van der Waals surface area contributed by atoms with Gasteiger partial charge in [-0.25, -0.2) is 0 Å². The molecule has 0 bridgehead atoms. The fourth-order valence-corrected chi connectivity index (χ4v) is 21.0. The maximum Gasteiger partial charge on any atom is 0.0602 e. The highest BCUT2D eigenvalue weighted by Crippen LogP contribution is 2.65. The molecule has 2 heterocycles. The van der Waals surface area contributed by atoms with Crippen molar-refractivity contribution < 1.29 is 0 Å². The summed E-state index contributed by atoms with van der Waals surface area (Å²) in [4.78, 5) is 3.34. The van der Waals surface area contributed by atoms with Crippen LogP contribution in [0.3, 0.4) is 0 Å². The number of hydrogen-bond donors (Lipinski definition) is 0. The minimum atomic E-state index is 0.440. The van der Waals surface area contributed by atoms with Gasteiger partial charge >= 0.3 is 0 Å². The van der Waals surface area contributed by atoms with E-state index >= 15 is 0 Å². The van der Waals surface area contributed by atoms with Gasteiger partial charge in [-0.05, 0) is 71.6 Å². The predicted molar refractivity (Wildman–Crippen MR) is 206 cm³/mol. The number of rotatable bonds is 3. The van der Waals surface area contributed by atoms with E-state index in [2.05, 4.69) is 184 Å². The van der Waals surface area contributed by atoms with Gasteiger partial charge in [-0.3, -0.25) is 0 Å². The summed E-state index contributed by atoms with van der Waals surface area (Å²) in [6.07, 6.45) is 0. The molecule has 2 saturated heterocycles. The summed E-state index contributed by atoms with van der Waals surface area (Å²) in [6.45, 7) is 20.5. The van der Waals surface area contributed by atoms with Crippen LogP contribution < -0.4 is 4.90 Å². The summed E-state index contributed by atoms with van der Waals surface area (Å²) in [5.74, 6) is 6.15.